The van der Waals surface area contributed by atoms with Gasteiger partial charge in [-0.3, -0.25) is 4.79 Å². The maximum Gasteiger partial charge on any atom is 0.254 e. The van der Waals surface area contributed by atoms with Crippen molar-refractivity contribution in [2.75, 3.05) is 13.1 Å². The third kappa shape index (κ3) is 2.69. The fourth-order valence-corrected chi connectivity index (χ4v) is 2.91. The summed E-state index contributed by atoms with van der Waals surface area (Å²) in [4.78, 5) is 14.6. The average molecular weight is 274 g/mol. The fraction of sp³-hybridized carbons (Fsp3) is 0.500. The van der Waals surface area contributed by atoms with E-state index < -0.39 is 0 Å². The highest BCUT2D eigenvalue weighted by Gasteiger charge is 2.29. The topological polar surface area (TPSA) is 52.9 Å². The number of rotatable bonds is 2. The molecular weight excluding hydrogens is 252 g/mol. The number of amides is 1. The van der Waals surface area contributed by atoms with Crippen LogP contribution >= 0.6 is 0 Å². The Bertz CT molecular complexity index is 517. The van der Waals surface area contributed by atoms with Crippen LogP contribution in [0.4, 0.5) is 0 Å². The lowest BCUT2D eigenvalue weighted by atomic mass is 9.92. The van der Waals surface area contributed by atoms with Crippen molar-refractivity contribution in [1.82, 2.24) is 4.90 Å². The van der Waals surface area contributed by atoms with Crippen LogP contribution in [0.1, 0.15) is 41.3 Å². The van der Waals surface area contributed by atoms with E-state index in [1.807, 2.05) is 36.9 Å². The van der Waals surface area contributed by atoms with E-state index in [2.05, 4.69) is 12.1 Å². The van der Waals surface area contributed by atoms with E-state index in [4.69, 9.17) is 5.21 Å². The summed E-state index contributed by atoms with van der Waals surface area (Å²) in [6.45, 7) is 7.28. The third-order valence-corrected chi connectivity index (χ3v) is 4.15. The molecule has 4 heteroatoms. The fourth-order valence-electron chi connectivity index (χ4n) is 2.91. The van der Waals surface area contributed by atoms with Crippen LogP contribution in [-0.2, 0) is 0 Å². The van der Waals surface area contributed by atoms with E-state index in [9.17, 15) is 4.79 Å². The number of hydrogen-bond donors (Lipinski definition) is 1. The van der Waals surface area contributed by atoms with E-state index in [0.717, 1.165) is 28.8 Å². The van der Waals surface area contributed by atoms with Crippen molar-refractivity contribution in [3.63, 3.8) is 0 Å². The average Bonchev–Trinajstić information content (AvgIpc) is 2.46. The standard InChI is InChI=1S/C16H22N2O2/c1-4-13-10-18(9-8-14(13)17-20)16(19)15-11(2)6-5-7-12(15)3/h5-7,13,20H,4,8-10H2,1-3H3/b17-14+. The lowest BCUT2D eigenvalue weighted by molar-refractivity contribution is 0.0727. The van der Waals surface area contributed by atoms with Gasteiger partial charge in [-0.05, 0) is 31.4 Å². The normalized spacial score (nSPS) is 21.2. The van der Waals surface area contributed by atoms with E-state index >= 15 is 0 Å². The minimum Gasteiger partial charge on any atom is -0.411 e. The zero-order chi connectivity index (χ0) is 14.7. The van der Waals surface area contributed by atoms with Gasteiger partial charge in [0.25, 0.3) is 5.91 Å². The molecule has 1 atom stereocenters. The molecule has 1 heterocycles. The van der Waals surface area contributed by atoms with Gasteiger partial charge >= 0.3 is 0 Å². The van der Waals surface area contributed by atoms with Gasteiger partial charge < -0.3 is 10.1 Å². The van der Waals surface area contributed by atoms with Gasteiger partial charge in [0.2, 0.25) is 0 Å². The van der Waals surface area contributed by atoms with E-state index in [-0.39, 0.29) is 11.8 Å². The van der Waals surface area contributed by atoms with Crippen LogP contribution in [-0.4, -0.2) is 34.8 Å². The molecule has 0 bridgehead atoms. The van der Waals surface area contributed by atoms with E-state index in [1.165, 1.54) is 0 Å². The molecule has 0 spiro atoms. The first-order chi connectivity index (χ1) is 9.58. The molecule has 20 heavy (non-hydrogen) atoms. The molecule has 4 nitrogen and oxygen atoms in total. The summed E-state index contributed by atoms with van der Waals surface area (Å²) >= 11 is 0. The predicted octanol–water partition coefficient (Wildman–Crippen LogP) is 3.01. The largest absolute Gasteiger partial charge is 0.411 e. The maximum absolute atomic E-state index is 12.7. The van der Waals surface area contributed by atoms with Gasteiger partial charge in [-0.15, -0.1) is 0 Å². The van der Waals surface area contributed by atoms with Crippen molar-refractivity contribution in [2.45, 2.75) is 33.6 Å². The van der Waals surface area contributed by atoms with Gasteiger partial charge in [0.15, 0.2) is 0 Å². The Labute approximate surface area is 120 Å². The van der Waals surface area contributed by atoms with Crippen LogP contribution in [0, 0.1) is 19.8 Å². The van der Waals surface area contributed by atoms with E-state index in [1.54, 1.807) is 0 Å². The van der Waals surface area contributed by atoms with Gasteiger partial charge in [-0.2, -0.15) is 0 Å². The molecule has 0 saturated carbocycles. The van der Waals surface area contributed by atoms with Crippen molar-refractivity contribution < 1.29 is 10.0 Å². The summed E-state index contributed by atoms with van der Waals surface area (Å²) in [5.41, 5.74) is 3.67. The van der Waals surface area contributed by atoms with Crippen LogP contribution in [0.3, 0.4) is 0 Å². The summed E-state index contributed by atoms with van der Waals surface area (Å²) in [6.07, 6.45) is 1.54. The molecule has 0 aliphatic carbocycles. The molecule has 1 aromatic rings. The number of likely N-dealkylation sites (tertiary alicyclic amines) is 1. The monoisotopic (exact) mass is 274 g/mol. The number of piperidine rings is 1. The second-order valence-corrected chi connectivity index (χ2v) is 5.46. The Hall–Kier alpha value is -1.84. The molecule has 1 amide bonds. The second kappa shape index (κ2) is 6.07. The summed E-state index contributed by atoms with van der Waals surface area (Å²) in [6, 6.07) is 5.92. The molecule has 0 radical (unpaired) electrons. The minimum absolute atomic E-state index is 0.0936. The second-order valence-electron chi connectivity index (χ2n) is 5.46. The summed E-state index contributed by atoms with van der Waals surface area (Å²) in [7, 11) is 0. The highest BCUT2D eigenvalue weighted by atomic mass is 16.4. The van der Waals surface area contributed by atoms with Gasteiger partial charge in [0.05, 0.1) is 5.71 Å². The molecule has 1 N–H and O–H groups in total. The molecule has 2 rings (SSSR count). The lowest BCUT2D eigenvalue weighted by Crippen LogP contribution is -2.44. The number of oxime groups is 1. The van der Waals surface area contributed by atoms with Crippen LogP contribution in [0.5, 0.6) is 0 Å². The minimum atomic E-state index is 0.0936. The maximum atomic E-state index is 12.7. The molecule has 108 valence electrons. The molecule has 1 unspecified atom stereocenters. The van der Waals surface area contributed by atoms with Crippen LogP contribution in [0.15, 0.2) is 23.4 Å². The first-order valence-electron chi connectivity index (χ1n) is 7.14. The van der Waals surface area contributed by atoms with Crippen molar-refractivity contribution >= 4 is 11.6 Å². The number of aryl methyl sites for hydroxylation is 2. The molecule has 1 aromatic carbocycles. The van der Waals surface area contributed by atoms with Crippen molar-refractivity contribution in [3.05, 3.63) is 34.9 Å². The number of hydrogen-bond acceptors (Lipinski definition) is 3. The van der Waals surface area contributed by atoms with Crippen LogP contribution < -0.4 is 0 Å². The lowest BCUT2D eigenvalue weighted by Gasteiger charge is -2.33. The zero-order valence-electron chi connectivity index (χ0n) is 12.4. The SMILES string of the molecule is CCC1CN(C(=O)c2c(C)cccc2C)CC/C1=N\O. The summed E-state index contributed by atoms with van der Waals surface area (Å²) in [5.74, 6) is 0.262. The summed E-state index contributed by atoms with van der Waals surface area (Å²) in [5, 5.41) is 12.4. The van der Waals surface area contributed by atoms with Crippen molar-refractivity contribution in [3.8, 4) is 0 Å². The Morgan fingerprint density at radius 3 is 2.60 bits per heavy atom. The van der Waals surface area contributed by atoms with E-state index in [0.29, 0.717) is 19.5 Å². The Morgan fingerprint density at radius 2 is 2.05 bits per heavy atom. The smallest absolute Gasteiger partial charge is 0.254 e. The van der Waals surface area contributed by atoms with Crippen molar-refractivity contribution in [2.24, 2.45) is 11.1 Å². The van der Waals surface area contributed by atoms with Crippen LogP contribution in [0.25, 0.3) is 0 Å². The summed E-state index contributed by atoms with van der Waals surface area (Å²) < 4.78 is 0. The first-order valence-corrected chi connectivity index (χ1v) is 7.14. The number of nitrogens with zero attached hydrogens (tertiary/aromatic N) is 2. The molecule has 1 aliphatic heterocycles. The Balaban J connectivity index is 2.22. The first kappa shape index (κ1) is 14.6. The number of benzene rings is 1. The van der Waals surface area contributed by atoms with Gasteiger partial charge in [0, 0.05) is 31.0 Å². The van der Waals surface area contributed by atoms with Crippen LogP contribution in [0.2, 0.25) is 0 Å². The zero-order valence-corrected chi connectivity index (χ0v) is 12.4. The molecule has 1 aliphatic rings. The molecule has 1 fully saturated rings. The predicted molar refractivity (Wildman–Crippen MR) is 79.4 cm³/mol. The highest BCUT2D eigenvalue weighted by Crippen LogP contribution is 2.22. The Kier molecular flexibility index (Phi) is 4.42. The molecule has 1 saturated heterocycles. The van der Waals surface area contributed by atoms with Crippen molar-refractivity contribution in [1.29, 1.82) is 0 Å². The molecule has 0 aromatic heterocycles. The van der Waals surface area contributed by atoms with Gasteiger partial charge in [0.1, 0.15) is 0 Å². The van der Waals surface area contributed by atoms with Gasteiger partial charge in [-0.25, -0.2) is 0 Å². The third-order valence-electron chi connectivity index (χ3n) is 4.15. The van der Waals surface area contributed by atoms with Gasteiger partial charge in [-0.1, -0.05) is 30.3 Å². The number of carbonyl (C=O) groups is 1. The molecular formula is C16H22N2O2. The Morgan fingerprint density at radius 1 is 1.40 bits per heavy atom. The number of carbonyl (C=O) groups excluding carboxylic acids is 1. The highest BCUT2D eigenvalue weighted by molar-refractivity contribution is 5.98. The quantitative estimate of drug-likeness (QED) is 0.666.